The van der Waals surface area contributed by atoms with Gasteiger partial charge in [0.1, 0.15) is 5.75 Å². The number of rotatable bonds is 4. The molecule has 2 nitrogen and oxygen atoms in total. The molecular weight excluding hydrogens is 278 g/mol. The monoisotopic (exact) mass is 293 g/mol. The van der Waals surface area contributed by atoms with E-state index in [-0.39, 0.29) is 0 Å². The Morgan fingerprint density at radius 2 is 2.37 bits per heavy atom. The van der Waals surface area contributed by atoms with Crippen molar-refractivity contribution in [3.8, 4) is 5.75 Å². The van der Waals surface area contributed by atoms with E-state index >= 15 is 0 Å². The molecule has 2 aromatic rings. The summed E-state index contributed by atoms with van der Waals surface area (Å²) in [5.74, 6) is 1.02. The quantitative estimate of drug-likeness (QED) is 0.913. The maximum Gasteiger partial charge on any atom is 0.127 e. The molecular formula is C15H16ClNOS. The fraction of sp³-hybridized carbons (Fsp3) is 0.333. The lowest BCUT2D eigenvalue weighted by Gasteiger charge is -2.14. The lowest BCUT2D eigenvalue weighted by Crippen LogP contribution is -2.17. The van der Waals surface area contributed by atoms with Crippen molar-refractivity contribution in [1.29, 1.82) is 0 Å². The molecule has 19 heavy (non-hydrogen) atoms. The van der Waals surface area contributed by atoms with Crippen LogP contribution in [0, 0.1) is 0 Å². The smallest absolute Gasteiger partial charge is 0.127 e. The van der Waals surface area contributed by atoms with Crippen molar-refractivity contribution in [1.82, 2.24) is 5.32 Å². The number of halogens is 1. The van der Waals surface area contributed by atoms with Crippen LogP contribution in [-0.4, -0.2) is 6.61 Å². The van der Waals surface area contributed by atoms with Gasteiger partial charge in [-0.15, -0.1) is 11.3 Å². The fourth-order valence-electron chi connectivity index (χ4n) is 2.38. The Kier molecular flexibility index (Phi) is 3.78. The molecule has 0 unspecified atom stereocenters. The predicted molar refractivity (Wildman–Crippen MR) is 80.2 cm³/mol. The van der Waals surface area contributed by atoms with E-state index in [1.54, 1.807) is 11.3 Å². The molecule has 1 N–H and O–H groups in total. The number of thiophene rings is 1. The average molecular weight is 294 g/mol. The highest BCUT2D eigenvalue weighted by Crippen LogP contribution is 2.33. The van der Waals surface area contributed by atoms with Crippen LogP contribution in [0.2, 0.25) is 5.02 Å². The van der Waals surface area contributed by atoms with E-state index < -0.39 is 0 Å². The van der Waals surface area contributed by atoms with E-state index in [2.05, 4.69) is 29.8 Å². The second kappa shape index (κ2) is 5.53. The van der Waals surface area contributed by atoms with Crippen LogP contribution in [0.1, 0.15) is 29.0 Å². The average Bonchev–Trinajstić information content (AvgIpc) is 3.05. The van der Waals surface area contributed by atoms with Gasteiger partial charge in [0.2, 0.25) is 0 Å². The first-order valence-corrected chi connectivity index (χ1v) is 7.70. The summed E-state index contributed by atoms with van der Waals surface area (Å²) in [4.78, 5) is 1.35. The zero-order valence-corrected chi connectivity index (χ0v) is 12.4. The minimum Gasteiger partial charge on any atom is -0.493 e. The van der Waals surface area contributed by atoms with Crippen molar-refractivity contribution in [2.45, 2.75) is 25.9 Å². The highest BCUT2D eigenvalue weighted by molar-refractivity contribution is 7.10. The maximum atomic E-state index is 6.16. The van der Waals surface area contributed by atoms with E-state index in [1.807, 2.05) is 12.1 Å². The van der Waals surface area contributed by atoms with Crippen LogP contribution < -0.4 is 10.1 Å². The molecule has 0 saturated heterocycles. The zero-order valence-electron chi connectivity index (χ0n) is 10.8. The lowest BCUT2D eigenvalue weighted by atomic mass is 10.1. The highest BCUT2D eigenvalue weighted by atomic mass is 35.5. The molecule has 100 valence electrons. The van der Waals surface area contributed by atoms with E-state index in [9.17, 15) is 0 Å². The highest BCUT2D eigenvalue weighted by Gasteiger charge is 2.18. The summed E-state index contributed by atoms with van der Waals surface area (Å²) in [7, 11) is 0. The number of nitrogens with one attached hydrogen (secondary N) is 1. The third-order valence-electron chi connectivity index (χ3n) is 3.39. The van der Waals surface area contributed by atoms with Crippen LogP contribution >= 0.6 is 22.9 Å². The summed E-state index contributed by atoms with van der Waals surface area (Å²) in [6.45, 7) is 3.72. The normalized spacial score (nSPS) is 15.1. The molecule has 0 spiro atoms. The third-order valence-corrected chi connectivity index (χ3v) is 4.67. The van der Waals surface area contributed by atoms with Crippen LogP contribution in [0.4, 0.5) is 0 Å². The van der Waals surface area contributed by atoms with Crippen LogP contribution in [0.3, 0.4) is 0 Å². The number of hydrogen-bond donors (Lipinski definition) is 1. The molecule has 3 rings (SSSR count). The van der Waals surface area contributed by atoms with Gasteiger partial charge in [0.25, 0.3) is 0 Å². The van der Waals surface area contributed by atoms with Gasteiger partial charge in [0, 0.05) is 34.5 Å². The number of hydrogen-bond acceptors (Lipinski definition) is 3. The molecule has 0 radical (unpaired) electrons. The van der Waals surface area contributed by atoms with Gasteiger partial charge in [-0.2, -0.15) is 0 Å². The summed E-state index contributed by atoms with van der Waals surface area (Å²) in [5.41, 5.74) is 2.39. The maximum absolute atomic E-state index is 6.16. The van der Waals surface area contributed by atoms with Crippen molar-refractivity contribution in [2.75, 3.05) is 6.61 Å². The van der Waals surface area contributed by atoms with Gasteiger partial charge >= 0.3 is 0 Å². The van der Waals surface area contributed by atoms with E-state index in [4.69, 9.17) is 16.3 Å². The summed E-state index contributed by atoms with van der Waals surface area (Å²) in [6, 6.07) is 8.59. The van der Waals surface area contributed by atoms with Crippen LogP contribution in [0.25, 0.3) is 0 Å². The Balaban J connectivity index is 1.74. The second-order valence-electron chi connectivity index (χ2n) is 4.77. The SMILES string of the molecule is C[C@H](NCc1cc(Cl)cc2c1OCC2)c1cccs1. The zero-order chi connectivity index (χ0) is 13.2. The van der Waals surface area contributed by atoms with Gasteiger partial charge in [-0.3, -0.25) is 0 Å². The molecule has 1 aromatic heterocycles. The molecule has 1 aliphatic rings. The predicted octanol–water partition coefficient (Wildman–Crippen LogP) is 4.19. The number of ether oxygens (including phenoxy) is 1. The summed E-state index contributed by atoms with van der Waals surface area (Å²) in [6.07, 6.45) is 0.962. The van der Waals surface area contributed by atoms with Gasteiger partial charge in [0.15, 0.2) is 0 Å². The summed E-state index contributed by atoms with van der Waals surface area (Å²) in [5, 5.41) is 6.43. The van der Waals surface area contributed by atoms with E-state index in [0.29, 0.717) is 6.04 Å². The third kappa shape index (κ3) is 2.78. The molecule has 2 heterocycles. The van der Waals surface area contributed by atoms with Gasteiger partial charge < -0.3 is 10.1 Å². The van der Waals surface area contributed by atoms with E-state index in [1.165, 1.54) is 10.4 Å². The van der Waals surface area contributed by atoms with Crippen molar-refractivity contribution in [2.24, 2.45) is 0 Å². The molecule has 4 heteroatoms. The Bertz CT molecular complexity index is 568. The molecule has 1 aromatic carbocycles. The molecule has 0 saturated carbocycles. The molecule has 0 aliphatic carbocycles. The second-order valence-corrected chi connectivity index (χ2v) is 6.19. The number of fused-ring (bicyclic) bond motifs is 1. The summed E-state index contributed by atoms with van der Waals surface area (Å²) < 4.78 is 5.71. The van der Waals surface area contributed by atoms with Crippen molar-refractivity contribution in [3.63, 3.8) is 0 Å². The minimum atomic E-state index is 0.344. The number of benzene rings is 1. The topological polar surface area (TPSA) is 21.3 Å². The fourth-order valence-corrected chi connectivity index (χ4v) is 3.40. The standard InChI is InChI=1S/C15H16ClNOS/c1-10(14-3-2-6-19-14)17-9-12-8-13(16)7-11-4-5-18-15(11)12/h2-3,6-8,10,17H,4-5,9H2,1H3/t10-/m0/s1. The van der Waals surface area contributed by atoms with Crippen LogP contribution in [0.5, 0.6) is 5.75 Å². The van der Waals surface area contributed by atoms with Crippen molar-refractivity contribution < 1.29 is 4.74 Å². The Hall–Kier alpha value is -1.03. The van der Waals surface area contributed by atoms with Crippen LogP contribution in [0.15, 0.2) is 29.6 Å². The first-order chi connectivity index (χ1) is 9.24. The molecule has 1 aliphatic heterocycles. The first kappa shape index (κ1) is 13.0. The Morgan fingerprint density at radius 1 is 1.47 bits per heavy atom. The molecule has 0 fully saturated rings. The van der Waals surface area contributed by atoms with E-state index in [0.717, 1.165) is 35.9 Å². The van der Waals surface area contributed by atoms with Gasteiger partial charge in [-0.05, 0) is 36.1 Å². The Labute approximate surface area is 122 Å². The lowest BCUT2D eigenvalue weighted by molar-refractivity contribution is 0.352. The van der Waals surface area contributed by atoms with Crippen molar-refractivity contribution in [3.05, 3.63) is 50.7 Å². The molecule has 1 atom stereocenters. The Morgan fingerprint density at radius 3 is 3.16 bits per heavy atom. The van der Waals surface area contributed by atoms with Crippen molar-refractivity contribution >= 4 is 22.9 Å². The molecule has 0 amide bonds. The van der Waals surface area contributed by atoms with Gasteiger partial charge in [-0.1, -0.05) is 17.7 Å². The van der Waals surface area contributed by atoms with Crippen LogP contribution in [-0.2, 0) is 13.0 Å². The van der Waals surface area contributed by atoms with Gasteiger partial charge in [-0.25, -0.2) is 0 Å². The van der Waals surface area contributed by atoms with Gasteiger partial charge in [0.05, 0.1) is 6.61 Å². The summed E-state index contributed by atoms with van der Waals surface area (Å²) >= 11 is 7.94. The molecule has 0 bridgehead atoms. The largest absolute Gasteiger partial charge is 0.493 e. The first-order valence-electron chi connectivity index (χ1n) is 6.45. The minimum absolute atomic E-state index is 0.344.